The van der Waals surface area contributed by atoms with E-state index in [1.54, 1.807) is 20.9 Å². The standard InChI is InChI=1S/C16H29N3O5S/c1-11(2)14(16(21)22)18(4)15(20)12-5-9-19(10-6-12)25(23,24)13-7-8-17(13)3/h11-14H,5-10H2,1-4H3,(H,21,22)/t13-,14?/m1/s1. The first kappa shape index (κ1) is 20.1. The van der Waals surface area contributed by atoms with E-state index in [4.69, 9.17) is 0 Å². The van der Waals surface area contributed by atoms with E-state index < -0.39 is 27.4 Å². The summed E-state index contributed by atoms with van der Waals surface area (Å²) in [5.74, 6) is -1.74. The van der Waals surface area contributed by atoms with Gasteiger partial charge in [-0.05, 0) is 32.2 Å². The van der Waals surface area contributed by atoms with Gasteiger partial charge in [0, 0.05) is 32.6 Å². The van der Waals surface area contributed by atoms with Gasteiger partial charge in [0.15, 0.2) is 0 Å². The number of carbonyl (C=O) groups excluding carboxylic acids is 1. The second-order valence-electron chi connectivity index (χ2n) is 7.42. The number of piperidine rings is 1. The van der Waals surface area contributed by atoms with Crippen LogP contribution in [-0.2, 0) is 19.6 Å². The summed E-state index contributed by atoms with van der Waals surface area (Å²) in [6.07, 6.45) is 1.52. The second kappa shape index (κ2) is 7.59. The molecule has 0 bridgehead atoms. The van der Waals surface area contributed by atoms with Gasteiger partial charge in [-0.25, -0.2) is 17.5 Å². The molecule has 144 valence electrons. The van der Waals surface area contributed by atoms with E-state index in [-0.39, 0.29) is 17.7 Å². The molecule has 25 heavy (non-hydrogen) atoms. The molecule has 2 heterocycles. The molecule has 2 rings (SSSR count). The number of sulfonamides is 1. The molecule has 0 radical (unpaired) electrons. The largest absolute Gasteiger partial charge is 0.480 e. The maximum atomic E-state index is 12.6. The Bertz CT molecular complexity index is 613. The van der Waals surface area contributed by atoms with Gasteiger partial charge in [0.25, 0.3) is 0 Å². The number of hydrogen-bond donors (Lipinski definition) is 1. The summed E-state index contributed by atoms with van der Waals surface area (Å²) in [5.41, 5.74) is 0. The van der Waals surface area contributed by atoms with Crippen molar-refractivity contribution in [2.45, 2.75) is 44.5 Å². The highest BCUT2D eigenvalue weighted by atomic mass is 32.2. The summed E-state index contributed by atoms with van der Waals surface area (Å²) in [6, 6.07) is -0.863. The number of carboxylic acid groups (broad SMARTS) is 1. The molecular weight excluding hydrogens is 346 g/mol. The van der Waals surface area contributed by atoms with Crippen molar-refractivity contribution in [1.82, 2.24) is 14.1 Å². The summed E-state index contributed by atoms with van der Waals surface area (Å²) in [5, 5.41) is 8.90. The predicted octanol–water partition coefficient (Wildman–Crippen LogP) is 0.257. The highest BCUT2D eigenvalue weighted by Crippen LogP contribution is 2.28. The Hall–Kier alpha value is -1.19. The van der Waals surface area contributed by atoms with Crippen molar-refractivity contribution in [2.75, 3.05) is 33.7 Å². The number of nitrogens with zero attached hydrogens (tertiary/aromatic N) is 3. The molecule has 0 aromatic rings. The summed E-state index contributed by atoms with van der Waals surface area (Å²) in [6.45, 7) is 4.96. The molecule has 0 aromatic heterocycles. The summed E-state index contributed by atoms with van der Waals surface area (Å²) >= 11 is 0. The van der Waals surface area contributed by atoms with E-state index in [9.17, 15) is 23.1 Å². The Morgan fingerprint density at radius 1 is 1.12 bits per heavy atom. The molecule has 9 heteroatoms. The second-order valence-corrected chi connectivity index (χ2v) is 9.51. The quantitative estimate of drug-likeness (QED) is 0.715. The molecule has 2 atom stereocenters. The molecule has 0 saturated carbocycles. The van der Waals surface area contributed by atoms with Crippen LogP contribution in [0.5, 0.6) is 0 Å². The first-order valence-corrected chi connectivity index (χ1v) is 10.3. The highest BCUT2D eigenvalue weighted by molar-refractivity contribution is 7.89. The Kier molecular flexibility index (Phi) is 6.11. The van der Waals surface area contributed by atoms with E-state index in [1.165, 1.54) is 16.3 Å². The third-order valence-electron chi connectivity index (χ3n) is 5.38. The first-order chi connectivity index (χ1) is 11.6. The number of amides is 1. The van der Waals surface area contributed by atoms with Crippen LogP contribution in [0, 0.1) is 11.8 Å². The Morgan fingerprint density at radius 2 is 1.68 bits per heavy atom. The van der Waals surface area contributed by atoms with Crippen molar-refractivity contribution in [3.8, 4) is 0 Å². The van der Waals surface area contributed by atoms with Crippen LogP contribution in [0.1, 0.15) is 33.1 Å². The molecular formula is C16H29N3O5S. The normalized spacial score (nSPS) is 24.8. The molecule has 0 spiro atoms. The Morgan fingerprint density at radius 3 is 2.04 bits per heavy atom. The van der Waals surface area contributed by atoms with Crippen molar-refractivity contribution in [3.63, 3.8) is 0 Å². The summed E-state index contributed by atoms with van der Waals surface area (Å²) in [4.78, 5) is 27.2. The zero-order chi connectivity index (χ0) is 18.9. The van der Waals surface area contributed by atoms with Gasteiger partial charge in [-0.15, -0.1) is 0 Å². The molecule has 2 saturated heterocycles. The van der Waals surface area contributed by atoms with E-state index in [0.717, 1.165) is 6.54 Å². The number of carbonyl (C=O) groups is 2. The van der Waals surface area contributed by atoms with Crippen LogP contribution in [0.2, 0.25) is 0 Å². The lowest BCUT2D eigenvalue weighted by Gasteiger charge is -2.42. The van der Waals surface area contributed by atoms with Crippen LogP contribution in [-0.4, -0.2) is 84.7 Å². The van der Waals surface area contributed by atoms with E-state index in [1.807, 2.05) is 4.90 Å². The van der Waals surface area contributed by atoms with Crippen LogP contribution in [0.4, 0.5) is 0 Å². The van der Waals surface area contributed by atoms with Gasteiger partial charge in [0.1, 0.15) is 11.4 Å². The maximum absolute atomic E-state index is 12.6. The predicted molar refractivity (Wildman–Crippen MR) is 93.3 cm³/mol. The average molecular weight is 375 g/mol. The fourth-order valence-electron chi connectivity index (χ4n) is 3.72. The number of carboxylic acids is 1. The van der Waals surface area contributed by atoms with Gasteiger partial charge in [-0.1, -0.05) is 13.8 Å². The average Bonchev–Trinajstić information content (AvgIpc) is 2.51. The molecule has 2 fully saturated rings. The van der Waals surface area contributed by atoms with Crippen LogP contribution in [0.3, 0.4) is 0 Å². The molecule has 1 N–H and O–H groups in total. The molecule has 0 aromatic carbocycles. The molecule has 0 aliphatic carbocycles. The fourth-order valence-corrected chi connectivity index (χ4v) is 5.75. The lowest BCUT2D eigenvalue weighted by molar-refractivity contribution is -0.153. The van der Waals surface area contributed by atoms with E-state index in [0.29, 0.717) is 32.4 Å². The molecule has 8 nitrogen and oxygen atoms in total. The van der Waals surface area contributed by atoms with Gasteiger partial charge in [0.05, 0.1) is 0 Å². The highest BCUT2D eigenvalue weighted by Gasteiger charge is 2.42. The van der Waals surface area contributed by atoms with Crippen LogP contribution >= 0.6 is 0 Å². The van der Waals surface area contributed by atoms with Crippen molar-refractivity contribution in [1.29, 1.82) is 0 Å². The minimum atomic E-state index is -3.35. The molecule has 2 aliphatic heterocycles. The monoisotopic (exact) mass is 375 g/mol. The SMILES string of the molecule is CC(C)C(C(=O)O)N(C)C(=O)C1CCN(S(=O)(=O)[C@@H]2CCN2C)CC1. The smallest absolute Gasteiger partial charge is 0.326 e. The zero-order valence-electron chi connectivity index (χ0n) is 15.4. The first-order valence-electron chi connectivity index (χ1n) is 8.76. The third kappa shape index (κ3) is 3.98. The Labute approximate surface area is 149 Å². The number of aliphatic carboxylic acids is 1. The van der Waals surface area contributed by atoms with Gasteiger partial charge < -0.3 is 10.0 Å². The van der Waals surface area contributed by atoms with Gasteiger partial charge in [-0.2, -0.15) is 0 Å². The number of likely N-dealkylation sites (tertiary alicyclic amines) is 1. The minimum absolute atomic E-state index is 0.193. The van der Waals surface area contributed by atoms with Crippen molar-refractivity contribution >= 4 is 21.9 Å². The zero-order valence-corrected chi connectivity index (χ0v) is 16.2. The molecule has 1 amide bonds. The number of likely N-dealkylation sites (N-methyl/N-ethyl adjacent to an activating group) is 1. The van der Waals surface area contributed by atoms with Crippen molar-refractivity contribution in [3.05, 3.63) is 0 Å². The van der Waals surface area contributed by atoms with Crippen LogP contribution in [0.15, 0.2) is 0 Å². The molecule has 1 unspecified atom stereocenters. The maximum Gasteiger partial charge on any atom is 0.326 e. The van der Waals surface area contributed by atoms with Crippen LogP contribution in [0.25, 0.3) is 0 Å². The summed E-state index contributed by atoms with van der Waals surface area (Å²) < 4.78 is 26.7. The topological polar surface area (TPSA) is 98.2 Å². The Balaban J connectivity index is 1.97. The number of rotatable bonds is 6. The van der Waals surface area contributed by atoms with Crippen molar-refractivity contribution in [2.24, 2.45) is 11.8 Å². The van der Waals surface area contributed by atoms with Gasteiger partial charge in [0.2, 0.25) is 15.9 Å². The summed E-state index contributed by atoms with van der Waals surface area (Å²) in [7, 11) is -0.0249. The lowest BCUT2D eigenvalue weighted by Crippen LogP contribution is -2.56. The van der Waals surface area contributed by atoms with E-state index in [2.05, 4.69) is 0 Å². The minimum Gasteiger partial charge on any atom is -0.480 e. The van der Waals surface area contributed by atoms with Gasteiger partial charge >= 0.3 is 5.97 Å². The van der Waals surface area contributed by atoms with E-state index >= 15 is 0 Å². The van der Waals surface area contributed by atoms with Crippen molar-refractivity contribution < 1.29 is 23.1 Å². The van der Waals surface area contributed by atoms with Crippen LogP contribution < -0.4 is 0 Å². The fraction of sp³-hybridized carbons (Fsp3) is 0.875. The lowest BCUT2D eigenvalue weighted by atomic mass is 9.94. The van der Waals surface area contributed by atoms with Gasteiger partial charge in [-0.3, -0.25) is 9.69 Å². The molecule has 2 aliphatic rings. The third-order valence-corrected chi connectivity index (χ3v) is 7.74. The number of hydrogen-bond acceptors (Lipinski definition) is 5.